The van der Waals surface area contributed by atoms with Crippen LogP contribution in [0.15, 0.2) is 66.9 Å². The molecule has 32 heavy (non-hydrogen) atoms. The van der Waals surface area contributed by atoms with Crippen LogP contribution >= 0.6 is 0 Å². The number of amides is 1. The van der Waals surface area contributed by atoms with Crippen LogP contribution in [0, 0.1) is 6.92 Å². The van der Waals surface area contributed by atoms with Crippen LogP contribution in [0.4, 0.5) is 0 Å². The maximum absolute atomic E-state index is 13.3. The molecule has 1 amide bonds. The van der Waals surface area contributed by atoms with Crippen molar-refractivity contribution in [3.05, 3.63) is 83.8 Å². The van der Waals surface area contributed by atoms with E-state index in [2.05, 4.69) is 39.2 Å². The monoisotopic (exact) mass is 422 g/mol. The van der Waals surface area contributed by atoms with Gasteiger partial charge in [0.25, 0.3) is 5.91 Å². The third-order valence-electron chi connectivity index (χ3n) is 6.06. The molecule has 0 radical (unpaired) electrons. The van der Waals surface area contributed by atoms with E-state index in [9.17, 15) is 4.79 Å². The van der Waals surface area contributed by atoms with Gasteiger partial charge in [-0.15, -0.1) is 0 Å². The van der Waals surface area contributed by atoms with Gasteiger partial charge in [0.15, 0.2) is 0 Å². The van der Waals surface area contributed by atoms with E-state index in [4.69, 9.17) is 4.74 Å². The van der Waals surface area contributed by atoms with Crippen molar-refractivity contribution in [3.63, 3.8) is 0 Å². The quantitative estimate of drug-likeness (QED) is 0.418. The number of carbonyl (C=O) groups is 1. The lowest BCUT2D eigenvalue weighted by atomic mass is 10.0. The molecule has 3 heterocycles. The SMILES string of the molecule is Cc1nc2ccc(-c3ccc4c(c3)CN(C(=O)c3ccc5[nH]ccc5c3)CCO4)cc2[nH]1. The molecule has 158 valence electrons. The Kier molecular flexibility index (Phi) is 4.24. The summed E-state index contributed by atoms with van der Waals surface area (Å²) in [5, 5.41) is 1.04. The summed E-state index contributed by atoms with van der Waals surface area (Å²) in [4.78, 5) is 26.1. The molecular weight excluding hydrogens is 400 g/mol. The van der Waals surface area contributed by atoms with Gasteiger partial charge < -0.3 is 19.6 Å². The molecule has 3 aromatic carbocycles. The first-order chi connectivity index (χ1) is 15.6. The van der Waals surface area contributed by atoms with Crippen molar-refractivity contribution in [2.75, 3.05) is 13.2 Å². The molecule has 0 spiro atoms. The van der Waals surface area contributed by atoms with E-state index in [-0.39, 0.29) is 5.91 Å². The second-order valence-corrected chi connectivity index (χ2v) is 8.23. The maximum atomic E-state index is 13.3. The summed E-state index contributed by atoms with van der Waals surface area (Å²) < 4.78 is 5.97. The topological polar surface area (TPSA) is 74.0 Å². The fourth-order valence-corrected chi connectivity index (χ4v) is 4.43. The van der Waals surface area contributed by atoms with Crippen molar-refractivity contribution in [1.29, 1.82) is 0 Å². The van der Waals surface area contributed by atoms with Crippen molar-refractivity contribution in [1.82, 2.24) is 19.9 Å². The first-order valence-corrected chi connectivity index (χ1v) is 10.7. The number of rotatable bonds is 2. The molecule has 6 rings (SSSR count). The molecule has 0 aliphatic carbocycles. The Hall–Kier alpha value is -4.06. The highest BCUT2D eigenvalue weighted by Gasteiger charge is 2.22. The number of nitrogens with zero attached hydrogens (tertiary/aromatic N) is 2. The normalized spacial score (nSPS) is 13.7. The Balaban J connectivity index is 1.32. The summed E-state index contributed by atoms with van der Waals surface area (Å²) in [7, 11) is 0. The second kappa shape index (κ2) is 7.27. The lowest BCUT2D eigenvalue weighted by molar-refractivity contribution is 0.0733. The van der Waals surface area contributed by atoms with Gasteiger partial charge >= 0.3 is 0 Å². The maximum Gasteiger partial charge on any atom is 0.254 e. The van der Waals surface area contributed by atoms with E-state index in [1.54, 1.807) is 0 Å². The van der Waals surface area contributed by atoms with Crippen molar-refractivity contribution in [2.24, 2.45) is 0 Å². The minimum atomic E-state index is 0.0179. The molecule has 0 saturated heterocycles. The average Bonchev–Trinajstić information content (AvgIpc) is 3.36. The number of ether oxygens (including phenoxy) is 1. The van der Waals surface area contributed by atoms with Gasteiger partial charge in [-0.1, -0.05) is 12.1 Å². The summed E-state index contributed by atoms with van der Waals surface area (Å²) in [6.45, 7) is 3.49. The minimum Gasteiger partial charge on any atom is -0.491 e. The number of hydrogen-bond donors (Lipinski definition) is 2. The van der Waals surface area contributed by atoms with Crippen LogP contribution in [0.2, 0.25) is 0 Å². The molecule has 0 bridgehead atoms. The van der Waals surface area contributed by atoms with Crippen molar-refractivity contribution in [3.8, 4) is 16.9 Å². The number of H-pyrrole nitrogens is 2. The zero-order chi connectivity index (χ0) is 21.7. The van der Waals surface area contributed by atoms with Crippen LogP contribution in [0.5, 0.6) is 5.75 Å². The summed E-state index contributed by atoms with van der Waals surface area (Å²) >= 11 is 0. The molecule has 2 N–H and O–H groups in total. The van der Waals surface area contributed by atoms with Gasteiger partial charge in [-0.05, 0) is 66.6 Å². The molecule has 6 heteroatoms. The van der Waals surface area contributed by atoms with Crippen LogP contribution in [-0.2, 0) is 6.54 Å². The minimum absolute atomic E-state index is 0.0179. The fraction of sp³-hybridized carbons (Fsp3) is 0.154. The zero-order valence-corrected chi connectivity index (χ0v) is 17.7. The predicted molar refractivity (Wildman–Crippen MR) is 125 cm³/mol. The van der Waals surface area contributed by atoms with Crippen LogP contribution < -0.4 is 4.74 Å². The number of carbonyl (C=O) groups excluding carboxylic acids is 1. The molecule has 0 atom stereocenters. The van der Waals surface area contributed by atoms with Gasteiger partial charge in [-0.25, -0.2) is 4.98 Å². The largest absolute Gasteiger partial charge is 0.491 e. The van der Waals surface area contributed by atoms with Gasteiger partial charge in [0.2, 0.25) is 0 Å². The smallest absolute Gasteiger partial charge is 0.254 e. The zero-order valence-electron chi connectivity index (χ0n) is 17.7. The molecule has 1 aliphatic heterocycles. The Morgan fingerprint density at radius 2 is 1.88 bits per heavy atom. The van der Waals surface area contributed by atoms with Crippen LogP contribution in [0.25, 0.3) is 33.1 Å². The molecule has 0 saturated carbocycles. The number of aromatic amines is 2. The lowest BCUT2D eigenvalue weighted by Crippen LogP contribution is -2.32. The lowest BCUT2D eigenvalue weighted by Gasteiger charge is -2.20. The number of fused-ring (bicyclic) bond motifs is 3. The Morgan fingerprint density at radius 1 is 1.00 bits per heavy atom. The highest BCUT2D eigenvalue weighted by molar-refractivity contribution is 5.98. The van der Waals surface area contributed by atoms with Crippen LogP contribution in [0.3, 0.4) is 0 Å². The van der Waals surface area contributed by atoms with E-state index in [1.165, 1.54) is 0 Å². The first-order valence-electron chi connectivity index (χ1n) is 10.7. The summed E-state index contributed by atoms with van der Waals surface area (Å²) in [5.74, 6) is 1.76. The number of imidazole rings is 1. The first kappa shape index (κ1) is 18.7. The van der Waals surface area contributed by atoms with Crippen LogP contribution in [0.1, 0.15) is 21.7 Å². The number of nitrogens with one attached hydrogen (secondary N) is 2. The number of benzene rings is 3. The molecule has 0 unspecified atom stereocenters. The molecule has 0 fully saturated rings. The summed E-state index contributed by atoms with van der Waals surface area (Å²) in [6, 6.07) is 20.2. The second-order valence-electron chi connectivity index (χ2n) is 8.23. The van der Waals surface area contributed by atoms with E-state index < -0.39 is 0 Å². The average molecular weight is 422 g/mol. The van der Waals surface area contributed by atoms with Crippen LogP contribution in [-0.4, -0.2) is 38.9 Å². The molecule has 6 nitrogen and oxygen atoms in total. The van der Waals surface area contributed by atoms with Crippen molar-refractivity contribution in [2.45, 2.75) is 13.5 Å². The van der Waals surface area contributed by atoms with E-state index >= 15 is 0 Å². The van der Waals surface area contributed by atoms with Gasteiger partial charge in [0, 0.05) is 34.8 Å². The number of hydrogen-bond acceptors (Lipinski definition) is 3. The number of aryl methyl sites for hydroxylation is 1. The van der Waals surface area contributed by atoms with Gasteiger partial charge in [0.05, 0.1) is 17.6 Å². The Bertz CT molecular complexity index is 1480. The fourth-order valence-electron chi connectivity index (χ4n) is 4.43. The van der Waals surface area contributed by atoms with Crippen molar-refractivity contribution < 1.29 is 9.53 Å². The van der Waals surface area contributed by atoms with Gasteiger partial charge in [-0.3, -0.25) is 4.79 Å². The number of aromatic nitrogens is 3. The van der Waals surface area contributed by atoms with Crippen molar-refractivity contribution >= 4 is 27.8 Å². The molecular formula is C26H22N4O2. The Morgan fingerprint density at radius 3 is 2.81 bits per heavy atom. The molecule has 2 aromatic heterocycles. The third kappa shape index (κ3) is 3.21. The highest BCUT2D eigenvalue weighted by Crippen LogP contribution is 2.31. The van der Waals surface area contributed by atoms with Gasteiger partial charge in [-0.2, -0.15) is 0 Å². The highest BCUT2D eigenvalue weighted by atomic mass is 16.5. The van der Waals surface area contributed by atoms with E-state index in [0.29, 0.717) is 25.3 Å². The summed E-state index contributed by atoms with van der Waals surface area (Å²) in [5.41, 5.74) is 6.89. The molecule has 5 aromatic rings. The van der Waals surface area contributed by atoms with E-state index in [0.717, 1.165) is 50.2 Å². The van der Waals surface area contributed by atoms with Gasteiger partial charge in [0.1, 0.15) is 18.2 Å². The summed E-state index contributed by atoms with van der Waals surface area (Å²) in [6.07, 6.45) is 1.89. The molecule has 1 aliphatic rings. The third-order valence-corrected chi connectivity index (χ3v) is 6.06. The predicted octanol–water partition coefficient (Wildman–Crippen LogP) is 5.05. The van der Waals surface area contributed by atoms with E-state index in [1.807, 2.05) is 54.4 Å². The Labute approximate surface area is 184 Å². The standard InChI is InChI=1S/C26H22N4O2/c1-16-28-23-6-2-18(14-24(23)29-16)17-4-7-25-21(12-17)15-30(10-11-32-25)26(31)20-3-5-22-19(13-20)8-9-27-22/h2-9,12-14,27H,10-11,15H2,1H3,(H,28,29).